The molecule has 2 aromatic rings. The number of hydrogen-bond acceptors (Lipinski definition) is 5. The Bertz CT molecular complexity index is 1220. The molecule has 8 heteroatoms. The van der Waals surface area contributed by atoms with Crippen LogP contribution in [0.25, 0.3) is 0 Å². The number of carbonyl (C=O) groups excluding carboxylic acids is 3. The van der Waals surface area contributed by atoms with Crippen LogP contribution in [-0.2, 0) is 27.5 Å². The monoisotopic (exact) mass is 544 g/mol. The van der Waals surface area contributed by atoms with Crippen molar-refractivity contribution in [1.82, 2.24) is 19.6 Å². The van der Waals surface area contributed by atoms with E-state index in [0.717, 1.165) is 24.1 Å². The quantitative estimate of drug-likeness (QED) is 0.427. The number of benzene rings is 2. The van der Waals surface area contributed by atoms with Crippen molar-refractivity contribution in [2.24, 2.45) is 11.8 Å². The SMILES string of the molecule is Cc1ccccc1CN1CC(=O)N2CC[C@@H](CC(=O)N3CCN(C=O)CC3)[C@@H](C=CCOc3ccccc3C1)C2. The van der Waals surface area contributed by atoms with Crippen molar-refractivity contribution in [3.8, 4) is 5.75 Å². The van der Waals surface area contributed by atoms with Crippen molar-refractivity contribution in [3.05, 3.63) is 77.4 Å². The van der Waals surface area contributed by atoms with Crippen LogP contribution < -0.4 is 4.74 Å². The van der Waals surface area contributed by atoms with E-state index in [-0.39, 0.29) is 23.7 Å². The van der Waals surface area contributed by atoms with E-state index in [1.54, 1.807) is 4.90 Å². The second-order valence-corrected chi connectivity index (χ2v) is 11.2. The first-order chi connectivity index (χ1) is 19.5. The van der Waals surface area contributed by atoms with E-state index in [2.05, 4.69) is 36.1 Å². The number of aryl methyl sites for hydroxylation is 1. The fraction of sp³-hybridized carbons (Fsp3) is 0.469. The number of fused-ring (bicyclic) bond motifs is 3. The van der Waals surface area contributed by atoms with Gasteiger partial charge in [-0.05, 0) is 42.4 Å². The summed E-state index contributed by atoms with van der Waals surface area (Å²) in [6, 6.07) is 16.4. The van der Waals surface area contributed by atoms with Crippen LogP contribution in [0.1, 0.15) is 29.5 Å². The van der Waals surface area contributed by atoms with Crippen LogP contribution in [0.15, 0.2) is 60.7 Å². The highest BCUT2D eigenvalue weighted by Gasteiger charge is 2.33. The van der Waals surface area contributed by atoms with Gasteiger partial charge in [-0.3, -0.25) is 19.3 Å². The van der Waals surface area contributed by atoms with Gasteiger partial charge < -0.3 is 19.4 Å². The molecule has 2 atom stereocenters. The van der Waals surface area contributed by atoms with Crippen LogP contribution in [0.5, 0.6) is 5.75 Å². The summed E-state index contributed by atoms with van der Waals surface area (Å²) in [4.78, 5) is 45.7. The number of hydrogen-bond donors (Lipinski definition) is 0. The normalized spacial score (nSPS) is 22.4. The molecule has 40 heavy (non-hydrogen) atoms. The van der Waals surface area contributed by atoms with Crippen molar-refractivity contribution >= 4 is 18.2 Å². The first-order valence-corrected chi connectivity index (χ1v) is 14.4. The topological polar surface area (TPSA) is 73.4 Å². The third-order valence-electron chi connectivity index (χ3n) is 8.51. The van der Waals surface area contributed by atoms with E-state index in [0.29, 0.717) is 71.9 Å². The third kappa shape index (κ3) is 6.91. The standard InChI is InChI=1S/C32H40N4O4/c1-25-7-2-3-8-27(25)20-34-21-29-9-4-5-11-30(29)40-18-6-10-28-22-36(32(39)23-34)13-12-26(28)19-31(38)35-16-14-33(24-37)15-17-35/h2-11,24,26,28H,12-23H2,1H3/t26-,28-/m0/s1. The lowest BCUT2D eigenvalue weighted by molar-refractivity contribution is -0.138. The van der Waals surface area contributed by atoms with Crippen molar-refractivity contribution in [1.29, 1.82) is 0 Å². The van der Waals surface area contributed by atoms with E-state index >= 15 is 0 Å². The number of amides is 3. The summed E-state index contributed by atoms with van der Waals surface area (Å²) in [6.07, 6.45) is 6.29. The minimum Gasteiger partial charge on any atom is -0.489 e. The highest BCUT2D eigenvalue weighted by molar-refractivity contribution is 5.79. The van der Waals surface area contributed by atoms with Crippen LogP contribution in [-0.4, -0.2) is 90.2 Å². The lowest BCUT2D eigenvalue weighted by atomic mass is 9.82. The maximum Gasteiger partial charge on any atom is 0.236 e. The Hall–Kier alpha value is -3.65. The van der Waals surface area contributed by atoms with Gasteiger partial charge in [-0.15, -0.1) is 0 Å². The van der Waals surface area contributed by atoms with Crippen molar-refractivity contribution in [2.75, 3.05) is 52.4 Å². The predicted octanol–water partition coefficient (Wildman–Crippen LogP) is 3.10. The Morgan fingerprint density at radius 1 is 1.00 bits per heavy atom. The van der Waals surface area contributed by atoms with Gasteiger partial charge in [0.05, 0.1) is 6.54 Å². The molecule has 0 spiro atoms. The van der Waals surface area contributed by atoms with Crippen LogP contribution in [0.3, 0.4) is 0 Å². The van der Waals surface area contributed by atoms with E-state index < -0.39 is 0 Å². The van der Waals surface area contributed by atoms with Crippen molar-refractivity contribution in [2.45, 2.75) is 32.9 Å². The second kappa shape index (κ2) is 13.1. The maximum atomic E-state index is 13.7. The van der Waals surface area contributed by atoms with Crippen LogP contribution in [0, 0.1) is 18.8 Å². The summed E-state index contributed by atoms with van der Waals surface area (Å²) < 4.78 is 6.20. The Balaban J connectivity index is 1.33. The van der Waals surface area contributed by atoms with Gasteiger partial charge in [0, 0.05) is 64.3 Å². The maximum absolute atomic E-state index is 13.7. The average molecular weight is 545 g/mol. The molecule has 3 aliphatic heterocycles. The summed E-state index contributed by atoms with van der Waals surface area (Å²) >= 11 is 0. The Kier molecular flexibility index (Phi) is 9.16. The van der Waals surface area contributed by atoms with Crippen LogP contribution >= 0.6 is 0 Å². The molecule has 2 saturated heterocycles. The summed E-state index contributed by atoms with van der Waals surface area (Å²) in [5.41, 5.74) is 3.49. The molecule has 0 radical (unpaired) electrons. The van der Waals surface area contributed by atoms with E-state index in [1.807, 2.05) is 46.2 Å². The average Bonchev–Trinajstić information content (AvgIpc) is 2.98. The fourth-order valence-corrected chi connectivity index (χ4v) is 6.03. The zero-order chi connectivity index (χ0) is 27.9. The van der Waals surface area contributed by atoms with Gasteiger partial charge in [0.15, 0.2) is 0 Å². The lowest BCUT2D eigenvalue weighted by Gasteiger charge is -2.39. The van der Waals surface area contributed by atoms with Gasteiger partial charge in [-0.25, -0.2) is 0 Å². The minimum absolute atomic E-state index is 0.0855. The number of carbonyl (C=O) groups is 3. The number of ether oxygens (including phenoxy) is 1. The molecule has 212 valence electrons. The number of para-hydroxylation sites is 1. The molecule has 3 aliphatic rings. The molecule has 5 rings (SSSR count). The smallest absolute Gasteiger partial charge is 0.236 e. The van der Waals surface area contributed by atoms with Gasteiger partial charge >= 0.3 is 0 Å². The number of nitrogens with zero attached hydrogens (tertiary/aromatic N) is 4. The largest absolute Gasteiger partial charge is 0.489 e. The number of piperazine rings is 1. The molecule has 3 amide bonds. The molecule has 2 bridgehead atoms. The molecule has 0 saturated carbocycles. The highest BCUT2D eigenvalue weighted by atomic mass is 16.5. The van der Waals surface area contributed by atoms with Gasteiger partial charge in [-0.1, -0.05) is 54.6 Å². The van der Waals surface area contributed by atoms with E-state index in [9.17, 15) is 14.4 Å². The lowest BCUT2D eigenvalue weighted by Crippen LogP contribution is -2.50. The molecule has 8 nitrogen and oxygen atoms in total. The zero-order valence-electron chi connectivity index (χ0n) is 23.4. The van der Waals surface area contributed by atoms with E-state index in [4.69, 9.17) is 4.74 Å². The molecule has 0 aromatic heterocycles. The first kappa shape index (κ1) is 27.9. The molecule has 3 heterocycles. The molecular formula is C32H40N4O4. The van der Waals surface area contributed by atoms with Gasteiger partial charge in [0.25, 0.3) is 0 Å². The van der Waals surface area contributed by atoms with Gasteiger partial charge in [0.2, 0.25) is 18.2 Å². The molecule has 0 N–H and O–H groups in total. The van der Waals surface area contributed by atoms with Crippen molar-refractivity contribution < 1.29 is 19.1 Å². The molecule has 2 fully saturated rings. The Morgan fingerprint density at radius 2 is 1.77 bits per heavy atom. The third-order valence-corrected chi connectivity index (χ3v) is 8.51. The summed E-state index contributed by atoms with van der Waals surface area (Å²) in [6.45, 7) is 7.77. The first-order valence-electron chi connectivity index (χ1n) is 14.4. The van der Waals surface area contributed by atoms with E-state index in [1.165, 1.54) is 11.1 Å². The molecule has 0 aliphatic carbocycles. The second-order valence-electron chi connectivity index (χ2n) is 11.2. The Morgan fingerprint density at radius 3 is 2.58 bits per heavy atom. The predicted molar refractivity (Wildman–Crippen MR) is 153 cm³/mol. The zero-order valence-corrected chi connectivity index (χ0v) is 23.4. The Labute approximate surface area is 237 Å². The summed E-state index contributed by atoms with van der Waals surface area (Å²) in [7, 11) is 0. The fourth-order valence-electron chi connectivity index (χ4n) is 6.03. The number of piperidine rings is 1. The van der Waals surface area contributed by atoms with Crippen LogP contribution in [0.4, 0.5) is 0 Å². The van der Waals surface area contributed by atoms with Crippen LogP contribution in [0.2, 0.25) is 0 Å². The summed E-state index contributed by atoms with van der Waals surface area (Å²) in [5, 5.41) is 0. The molecule has 2 aromatic carbocycles. The molecular weight excluding hydrogens is 504 g/mol. The highest BCUT2D eigenvalue weighted by Crippen LogP contribution is 2.30. The van der Waals surface area contributed by atoms with Gasteiger partial charge in [0.1, 0.15) is 12.4 Å². The molecule has 0 unspecified atom stereocenters. The summed E-state index contributed by atoms with van der Waals surface area (Å²) in [5.74, 6) is 1.35. The minimum atomic E-state index is 0.0855. The number of rotatable bonds is 5. The van der Waals surface area contributed by atoms with Crippen molar-refractivity contribution in [3.63, 3.8) is 0 Å². The van der Waals surface area contributed by atoms with Gasteiger partial charge in [-0.2, -0.15) is 0 Å².